The number of para-hydroxylation sites is 1. The third-order valence-corrected chi connectivity index (χ3v) is 3.81. The second-order valence-electron chi connectivity index (χ2n) is 5.17. The van der Waals surface area contributed by atoms with Gasteiger partial charge in [0.15, 0.2) is 0 Å². The third-order valence-electron chi connectivity index (χ3n) is 3.81. The Kier molecular flexibility index (Phi) is 3.71. The molecule has 1 unspecified atom stereocenters. The molecule has 3 aromatic rings. The summed E-state index contributed by atoms with van der Waals surface area (Å²) in [6.45, 7) is 5.01. The molecule has 2 aromatic heterocycles. The van der Waals surface area contributed by atoms with Crippen molar-refractivity contribution in [3.63, 3.8) is 0 Å². The fraction of sp³-hybridized carbons (Fsp3) is 0.294. The smallest absolute Gasteiger partial charge is 0.0738 e. The average molecular weight is 280 g/mol. The number of aryl methyl sites for hydroxylation is 2. The summed E-state index contributed by atoms with van der Waals surface area (Å²) in [6, 6.07) is 12.1. The first-order valence-electron chi connectivity index (χ1n) is 7.39. The van der Waals surface area contributed by atoms with Crippen LogP contribution in [0.3, 0.4) is 0 Å². The van der Waals surface area contributed by atoms with Gasteiger partial charge in [-0.15, -0.1) is 0 Å². The maximum Gasteiger partial charge on any atom is 0.0738 e. The number of pyridine rings is 1. The Bertz CT molecular complexity index is 760. The summed E-state index contributed by atoms with van der Waals surface area (Å²) in [5, 5.41) is 5.69. The summed E-state index contributed by atoms with van der Waals surface area (Å²) in [5.74, 6) is 0. The van der Waals surface area contributed by atoms with Gasteiger partial charge in [-0.1, -0.05) is 25.1 Å². The van der Waals surface area contributed by atoms with Crippen molar-refractivity contribution >= 4 is 10.9 Å². The van der Waals surface area contributed by atoms with Gasteiger partial charge in [0.2, 0.25) is 0 Å². The number of hydrogen-bond acceptors (Lipinski definition) is 3. The van der Waals surface area contributed by atoms with Gasteiger partial charge in [-0.2, -0.15) is 5.10 Å². The van der Waals surface area contributed by atoms with Gasteiger partial charge in [0, 0.05) is 18.1 Å². The van der Waals surface area contributed by atoms with E-state index in [1.807, 2.05) is 29.1 Å². The highest BCUT2D eigenvalue weighted by Gasteiger charge is 2.16. The Morgan fingerprint density at radius 3 is 2.76 bits per heavy atom. The van der Waals surface area contributed by atoms with Gasteiger partial charge in [-0.25, -0.2) is 0 Å². The summed E-state index contributed by atoms with van der Waals surface area (Å²) in [6.07, 6.45) is 2.79. The minimum absolute atomic E-state index is 0.199. The lowest BCUT2D eigenvalue weighted by Crippen LogP contribution is -2.17. The monoisotopic (exact) mass is 280 g/mol. The van der Waals surface area contributed by atoms with E-state index >= 15 is 0 Å². The van der Waals surface area contributed by atoms with Crippen LogP contribution in [0, 0.1) is 0 Å². The molecule has 0 aliphatic rings. The van der Waals surface area contributed by atoms with E-state index in [1.54, 1.807) is 0 Å². The van der Waals surface area contributed by atoms with Crippen LogP contribution in [0.15, 0.2) is 42.6 Å². The van der Waals surface area contributed by atoms with Gasteiger partial charge in [0.05, 0.1) is 22.9 Å². The standard InChI is InChI=1S/C17H20N4/c1-3-14-10-16(21(4-2)20-14)17(18)13-9-12-7-5-6-8-15(12)19-11-13/h5-11,17H,3-4,18H2,1-2H3. The molecule has 0 amide bonds. The van der Waals surface area contributed by atoms with Crippen LogP contribution < -0.4 is 5.73 Å². The van der Waals surface area contributed by atoms with Gasteiger partial charge in [0.25, 0.3) is 0 Å². The summed E-state index contributed by atoms with van der Waals surface area (Å²) >= 11 is 0. The van der Waals surface area contributed by atoms with E-state index in [0.717, 1.165) is 40.8 Å². The zero-order chi connectivity index (χ0) is 14.8. The molecular weight excluding hydrogens is 260 g/mol. The predicted molar refractivity (Wildman–Crippen MR) is 85.1 cm³/mol. The lowest BCUT2D eigenvalue weighted by molar-refractivity contribution is 0.594. The minimum Gasteiger partial charge on any atom is -0.319 e. The van der Waals surface area contributed by atoms with Crippen molar-refractivity contribution in [1.29, 1.82) is 0 Å². The highest BCUT2D eigenvalue weighted by molar-refractivity contribution is 5.78. The molecule has 3 rings (SSSR count). The van der Waals surface area contributed by atoms with Crippen LogP contribution in [0.4, 0.5) is 0 Å². The van der Waals surface area contributed by atoms with Crippen LogP contribution in [-0.2, 0) is 13.0 Å². The van der Waals surface area contributed by atoms with Gasteiger partial charge >= 0.3 is 0 Å². The third kappa shape index (κ3) is 2.54. The van der Waals surface area contributed by atoms with E-state index in [0.29, 0.717) is 0 Å². The van der Waals surface area contributed by atoms with E-state index in [1.165, 1.54) is 0 Å². The topological polar surface area (TPSA) is 56.7 Å². The van der Waals surface area contributed by atoms with Gasteiger partial charge < -0.3 is 5.73 Å². The van der Waals surface area contributed by atoms with Crippen molar-refractivity contribution in [1.82, 2.24) is 14.8 Å². The van der Waals surface area contributed by atoms with Crippen molar-refractivity contribution in [2.45, 2.75) is 32.9 Å². The summed E-state index contributed by atoms with van der Waals surface area (Å²) in [4.78, 5) is 4.50. The van der Waals surface area contributed by atoms with Crippen molar-refractivity contribution in [3.05, 3.63) is 59.5 Å². The lowest BCUT2D eigenvalue weighted by atomic mass is 10.0. The number of nitrogens with zero attached hydrogens (tertiary/aromatic N) is 3. The van der Waals surface area contributed by atoms with E-state index in [-0.39, 0.29) is 6.04 Å². The molecule has 0 bridgehead atoms. The van der Waals surface area contributed by atoms with Crippen LogP contribution in [0.2, 0.25) is 0 Å². The highest BCUT2D eigenvalue weighted by Crippen LogP contribution is 2.23. The largest absolute Gasteiger partial charge is 0.319 e. The average Bonchev–Trinajstić information content (AvgIpc) is 2.97. The molecule has 21 heavy (non-hydrogen) atoms. The van der Waals surface area contributed by atoms with Gasteiger partial charge in [-0.3, -0.25) is 9.67 Å². The van der Waals surface area contributed by atoms with Crippen molar-refractivity contribution in [3.8, 4) is 0 Å². The number of fused-ring (bicyclic) bond motifs is 1. The molecule has 1 atom stereocenters. The number of nitrogens with two attached hydrogens (primary N) is 1. The molecule has 2 N–H and O–H groups in total. The van der Waals surface area contributed by atoms with Crippen molar-refractivity contribution < 1.29 is 0 Å². The van der Waals surface area contributed by atoms with Crippen LogP contribution in [0.25, 0.3) is 10.9 Å². The van der Waals surface area contributed by atoms with Crippen LogP contribution in [-0.4, -0.2) is 14.8 Å². The highest BCUT2D eigenvalue weighted by atomic mass is 15.3. The lowest BCUT2D eigenvalue weighted by Gasteiger charge is -2.14. The second-order valence-corrected chi connectivity index (χ2v) is 5.17. The minimum atomic E-state index is -0.199. The second kappa shape index (κ2) is 5.66. The molecule has 0 radical (unpaired) electrons. The van der Waals surface area contributed by atoms with Crippen LogP contribution >= 0.6 is 0 Å². The zero-order valence-electron chi connectivity index (χ0n) is 12.5. The fourth-order valence-corrected chi connectivity index (χ4v) is 2.59. The Hall–Kier alpha value is -2.20. The Morgan fingerprint density at radius 1 is 1.19 bits per heavy atom. The molecular formula is C17H20N4. The molecule has 4 heteroatoms. The first kappa shape index (κ1) is 13.8. The molecule has 0 aliphatic heterocycles. The predicted octanol–water partition coefficient (Wildman–Crippen LogP) is 3.06. The van der Waals surface area contributed by atoms with Crippen LogP contribution in [0.5, 0.6) is 0 Å². The molecule has 0 saturated carbocycles. The number of rotatable bonds is 4. The molecule has 0 fully saturated rings. The Labute approximate surface area is 124 Å². The summed E-state index contributed by atoms with van der Waals surface area (Å²) < 4.78 is 1.98. The SMILES string of the molecule is CCc1cc(C(N)c2cnc3ccccc3c2)n(CC)n1. The Morgan fingerprint density at radius 2 is 2.00 bits per heavy atom. The van der Waals surface area contributed by atoms with E-state index in [4.69, 9.17) is 5.73 Å². The zero-order valence-corrected chi connectivity index (χ0v) is 12.5. The number of benzene rings is 1. The maximum absolute atomic E-state index is 6.45. The first-order valence-corrected chi connectivity index (χ1v) is 7.39. The first-order chi connectivity index (χ1) is 10.2. The van der Waals surface area contributed by atoms with Crippen LogP contribution in [0.1, 0.15) is 36.8 Å². The number of aromatic nitrogens is 3. The van der Waals surface area contributed by atoms with E-state index < -0.39 is 0 Å². The number of hydrogen-bond donors (Lipinski definition) is 1. The van der Waals surface area contributed by atoms with Gasteiger partial charge in [-0.05, 0) is 37.1 Å². The van der Waals surface area contributed by atoms with E-state index in [9.17, 15) is 0 Å². The molecule has 4 nitrogen and oxygen atoms in total. The molecule has 0 saturated heterocycles. The molecule has 2 heterocycles. The van der Waals surface area contributed by atoms with Crippen molar-refractivity contribution in [2.75, 3.05) is 0 Å². The normalized spacial score (nSPS) is 12.7. The maximum atomic E-state index is 6.45. The van der Waals surface area contributed by atoms with E-state index in [2.05, 4.69) is 42.1 Å². The summed E-state index contributed by atoms with van der Waals surface area (Å²) in [7, 11) is 0. The molecule has 1 aromatic carbocycles. The van der Waals surface area contributed by atoms with Crippen molar-refractivity contribution in [2.24, 2.45) is 5.73 Å². The quantitative estimate of drug-likeness (QED) is 0.799. The summed E-state index contributed by atoms with van der Waals surface area (Å²) in [5.41, 5.74) is 10.6. The molecule has 108 valence electrons. The molecule has 0 spiro atoms. The molecule has 0 aliphatic carbocycles. The van der Waals surface area contributed by atoms with Gasteiger partial charge in [0.1, 0.15) is 0 Å². The Balaban J connectivity index is 2.03. The fourth-order valence-electron chi connectivity index (χ4n) is 2.59.